The highest BCUT2D eigenvalue weighted by Crippen LogP contribution is 2.28. The molecule has 3 aromatic rings. The Kier molecular flexibility index (Phi) is 4.85. The first-order valence-electron chi connectivity index (χ1n) is 7.57. The van der Waals surface area contributed by atoms with Crippen LogP contribution in [-0.4, -0.2) is 29.2 Å². The highest BCUT2D eigenvalue weighted by molar-refractivity contribution is 9.10. The largest absolute Gasteiger partial charge is 0.481 e. The third-order valence-electron chi connectivity index (χ3n) is 3.71. The number of carbonyl (C=O) groups excluding carboxylic acids is 1. The molecule has 0 aliphatic carbocycles. The minimum atomic E-state index is -0.381. The normalized spacial score (nSPS) is 10.8. The van der Waals surface area contributed by atoms with Gasteiger partial charge < -0.3 is 14.0 Å². The van der Waals surface area contributed by atoms with E-state index in [4.69, 9.17) is 9.47 Å². The Morgan fingerprint density at radius 2 is 2.00 bits per heavy atom. The quantitative estimate of drug-likeness (QED) is 0.619. The fourth-order valence-corrected chi connectivity index (χ4v) is 2.90. The average molecular weight is 389 g/mol. The van der Waals surface area contributed by atoms with E-state index in [1.165, 1.54) is 6.20 Å². The van der Waals surface area contributed by atoms with Crippen molar-refractivity contribution in [1.82, 2.24) is 9.55 Å². The van der Waals surface area contributed by atoms with Gasteiger partial charge in [-0.2, -0.15) is 0 Å². The summed E-state index contributed by atoms with van der Waals surface area (Å²) >= 11 is 3.44. The molecule has 2 aromatic heterocycles. The molecule has 0 fully saturated rings. The Balaban J connectivity index is 2.10. The summed E-state index contributed by atoms with van der Waals surface area (Å²) in [5, 5.41) is 0.792. The molecule has 0 N–H and O–H groups in total. The first kappa shape index (κ1) is 16.5. The molecule has 0 aliphatic rings. The van der Waals surface area contributed by atoms with E-state index in [1.54, 1.807) is 14.0 Å². The molecule has 5 nitrogen and oxygen atoms in total. The van der Waals surface area contributed by atoms with Crippen LogP contribution in [0, 0.1) is 0 Å². The van der Waals surface area contributed by atoms with E-state index in [0.717, 1.165) is 20.9 Å². The molecule has 0 aliphatic heterocycles. The molecule has 6 heteroatoms. The summed E-state index contributed by atoms with van der Waals surface area (Å²) in [4.78, 5) is 16.5. The van der Waals surface area contributed by atoms with Crippen molar-refractivity contribution in [2.45, 2.75) is 13.5 Å². The molecular formula is C18H17BrN2O3. The summed E-state index contributed by atoms with van der Waals surface area (Å²) in [6, 6.07) is 9.98. The number of aromatic nitrogens is 2. The second-order valence-corrected chi connectivity index (χ2v) is 6.15. The third kappa shape index (κ3) is 3.14. The lowest BCUT2D eigenvalue weighted by Gasteiger charge is -2.11. The average Bonchev–Trinajstić information content (AvgIpc) is 3.00. The predicted octanol–water partition coefficient (Wildman–Crippen LogP) is 4.03. The monoisotopic (exact) mass is 388 g/mol. The number of esters is 1. The zero-order valence-corrected chi connectivity index (χ0v) is 15.0. The summed E-state index contributed by atoms with van der Waals surface area (Å²) in [5.41, 5.74) is 2.33. The van der Waals surface area contributed by atoms with Crippen molar-refractivity contribution in [1.29, 1.82) is 0 Å². The second-order valence-electron chi connectivity index (χ2n) is 5.23. The Labute approximate surface area is 148 Å². The number of carbonyl (C=O) groups is 1. The number of nitrogens with zero attached hydrogens (tertiary/aromatic N) is 2. The number of benzene rings is 1. The highest BCUT2D eigenvalue weighted by Gasteiger charge is 2.18. The van der Waals surface area contributed by atoms with Gasteiger partial charge in [0.2, 0.25) is 5.88 Å². The van der Waals surface area contributed by atoms with E-state index >= 15 is 0 Å². The molecule has 0 radical (unpaired) electrons. The molecule has 124 valence electrons. The van der Waals surface area contributed by atoms with Gasteiger partial charge in [0.15, 0.2) is 0 Å². The second kappa shape index (κ2) is 7.05. The minimum absolute atomic E-state index is 0.319. The maximum absolute atomic E-state index is 12.3. The van der Waals surface area contributed by atoms with Crippen LogP contribution in [0.25, 0.3) is 10.9 Å². The summed E-state index contributed by atoms with van der Waals surface area (Å²) < 4.78 is 13.5. The van der Waals surface area contributed by atoms with Crippen LogP contribution in [0.15, 0.2) is 47.2 Å². The van der Waals surface area contributed by atoms with Crippen LogP contribution in [0.5, 0.6) is 5.88 Å². The predicted molar refractivity (Wildman–Crippen MR) is 95.5 cm³/mol. The van der Waals surface area contributed by atoms with Gasteiger partial charge in [0.25, 0.3) is 0 Å². The molecule has 0 bridgehead atoms. The van der Waals surface area contributed by atoms with E-state index in [-0.39, 0.29) is 5.97 Å². The fraction of sp³-hybridized carbons (Fsp3) is 0.222. The number of ether oxygens (including phenoxy) is 2. The summed E-state index contributed by atoms with van der Waals surface area (Å²) in [6.45, 7) is 2.74. The SMILES string of the molecule is CCOC(=O)c1cnc(OC)c2ccn(Cc3ccc(Br)cc3)c12. The molecule has 24 heavy (non-hydrogen) atoms. The number of fused-ring (bicyclic) bond motifs is 1. The fourth-order valence-electron chi connectivity index (χ4n) is 2.64. The topological polar surface area (TPSA) is 53.4 Å². The minimum Gasteiger partial charge on any atom is -0.481 e. The zero-order valence-electron chi connectivity index (χ0n) is 13.5. The maximum atomic E-state index is 12.3. The van der Waals surface area contributed by atoms with Crippen LogP contribution < -0.4 is 4.74 Å². The van der Waals surface area contributed by atoms with Crippen molar-refractivity contribution < 1.29 is 14.3 Å². The Bertz CT molecular complexity index is 872. The van der Waals surface area contributed by atoms with Crippen LogP contribution in [-0.2, 0) is 11.3 Å². The van der Waals surface area contributed by atoms with Crippen LogP contribution in [0.3, 0.4) is 0 Å². The van der Waals surface area contributed by atoms with Crippen LogP contribution in [0.2, 0.25) is 0 Å². The molecular weight excluding hydrogens is 372 g/mol. The lowest BCUT2D eigenvalue weighted by Crippen LogP contribution is -2.09. The number of hydrogen-bond donors (Lipinski definition) is 0. The first-order valence-corrected chi connectivity index (χ1v) is 8.36. The zero-order chi connectivity index (χ0) is 17.1. The molecule has 0 atom stereocenters. The van der Waals surface area contributed by atoms with Gasteiger partial charge in [0, 0.05) is 23.4 Å². The molecule has 3 rings (SSSR count). The number of methoxy groups -OCH3 is 1. The molecule has 0 saturated heterocycles. The summed E-state index contributed by atoms with van der Waals surface area (Å²) in [5.74, 6) is 0.112. The van der Waals surface area contributed by atoms with Crippen molar-refractivity contribution >= 4 is 32.8 Å². The van der Waals surface area contributed by atoms with Gasteiger partial charge in [-0.15, -0.1) is 0 Å². The Hall–Kier alpha value is -2.34. The standard InChI is InChI=1S/C18H17BrN2O3/c1-3-24-18(22)15-10-20-17(23-2)14-8-9-21(16(14)15)11-12-4-6-13(19)7-5-12/h4-10H,3,11H2,1-2H3. The van der Waals surface area contributed by atoms with Gasteiger partial charge in [-0.25, -0.2) is 9.78 Å². The van der Waals surface area contributed by atoms with Gasteiger partial charge in [-0.05, 0) is 30.7 Å². The van der Waals surface area contributed by atoms with Gasteiger partial charge in [0.1, 0.15) is 5.56 Å². The van der Waals surface area contributed by atoms with Crippen molar-refractivity contribution in [2.75, 3.05) is 13.7 Å². The lowest BCUT2D eigenvalue weighted by molar-refractivity contribution is 0.0527. The number of halogens is 1. The van der Waals surface area contributed by atoms with E-state index in [0.29, 0.717) is 24.6 Å². The van der Waals surface area contributed by atoms with Crippen molar-refractivity contribution in [2.24, 2.45) is 0 Å². The number of pyridine rings is 1. The molecule has 2 heterocycles. The molecule has 0 spiro atoms. The first-order chi connectivity index (χ1) is 11.6. The smallest absolute Gasteiger partial charge is 0.341 e. The third-order valence-corrected chi connectivity index (χ3v) is 4.24. The molecule has 1 aromatic carbocycles. The Morgan fingerprint density at radius 1 is 1.25 bits per heavy atom. The maximum Gasteiger partial charge on any atom is 0.341 e. The number of hydrogen-bond acceptors (Lipinski definition) is 4. The van der Waals surface area contributed by atoms with Crippen LogP contribution in [0.4, 0.5) is 0 Å². The molecule has 0 amide bonds. The van der Waals surface area contributed by atoms with E-state index in [1.807, 2.05) is 41.1 Å². The summed E-state index contributed by atoms with van der Waals surface area (Å²) in [6.07, 6.45) is 3.44. The van der Waals surface area contributed by atoms with Gasteiger partial charge in [0.05, 0.1) is 24.6 Å². The lowest BCUT2D eigenvalue weighted by atomic mass is 10.2. The van der Waals surface area contributed by atoms with Crippen molar-refractivity contribution in [3.63, 3.8) is 0 Å². The molecule has 0 saturated carbocycles. The van der Waals surface area contributed by atoms with Gasteiger partial charge >= 0.3 is 5.97 Å². The van der Waals surface area contributed by atoms with E-state index < -0.39 is 0 Å². The van der Waals surface area contributed by atoms with Crippen molar-refractivity contribution in [3.8, 4) is 5.88 Å². The van der Waals surface area contributed by atoms with E-state index in [9.17, 15) is 4.79 Å². The van der Waals surface area contributed by atoms with Crippen molar-refractivity contribution in [3.05, 3.63) is 58.3 Å². The Morgan fingerprint density at radius 3 is 2.67 bits per heavy atom. The molecule has 0 unspecified atom stereocenters. The van der Waals surface area contributed by atoms with E-state index in [2.05, 4.69) is 20.9 Å². The van der Waals surface area contributed by atoms with Crippen LogP contribution >= 0.6 is 15.9 Å². The summed E-state index contributed by atoms with van der Waals surface area (Å²) in [7, 11) is 1.57. The van der Waals surface area contributed by atoms with Gasteiger partial charge in [-0.3, -0.25) is 0 Å². The van der Waals surface area contributed by atoms with Gasteiger partial charge in [-0.1, -0.05) is 28.1 Å². The highest BCUT2D eigenvalue weighted by atomic mass is 79.9. The van der Waals surface area contributed by atoms with Crippen LogP contribution in [0.1, 0.15) is 22.8 Å². The number of rotatable bonds is 5.